The first-order chi connectivity index (χ1) is 6.99. The summed E-state index contributed by atoms with van der Waals surface area (Å²) in [7, 11) is 0. The van der Waals surface area contributed by atoms with Crippen LogP contribution in [0, 0.1) is 5.41 Å². The van der Waals surface area contributed by atoms with Crippen LogP contribution in [0.2, 0.25) is 0 Å². The number of nitrogens with zero attached hydrogens (tertiary/aromatic N) is 1. The number of amides is 1. The number of carbonyl (C=O) groups excluding carboxylic acids is 1. The SMILES string of the molecule is CC(C)N(CC(N)=O)CC1(CCN)CC1. The van der Waals surface area contributed by atoms with Crippen molar-refractivity contribution in [2.24, 2.45) is 16.9 Å². The van der Waals surface area contributed by atoms with E-state index in [2.05, 4.69) is 18.7 Å². The average molecular weight is 213 g/mol. The van der Waals surface area contributed by atoms with E-state index in [-0.39, 0.29) is 5.91 Å². The molecule has 1 amide bonds. The normalized spacial score (nSPS) is 18.5. The molecule has 1 aliphatic rings. The summed E-state index contributed by atoms with van der Waals surface area (Å²) in [6, 6.07) is 0.368. The number of hydrogen-bond acceptors (Lipinski definition) is 3. The minimum atomic E-state index is -0.243. The predicted octanol–water partition coefficient (Wildman–Crippen LogP) is 0.311. The van der Waals surface area contributed by atoms with Crippen molar-refractivity contribution in [2.75, 3.05) is 19.6 Å². The lowest BCUT2D eigenvalue weighted by Gasteiger charge is -2.29. The molecule has 0 aromatic carbocycles. The highest BCUT2D eigenvalue weighted by Crippen LogP contribution is 2.49. The summed E-state index contributed by atoms with van der Waals surface area (Å²) in [5.74, 6) is -0.243. The van der Waals surface area contributed by atoms with E-state index in [0.717, 1.165) is 19.5 Å². The van der Waals surface area contributed by atoms with Gasteiger partial charge in [0.05, 0.1) is 6.54 Å². The van der Waals surface area contributed by atoms with Crippen molar-refractivity contribution in [3.8, 4) is 0 Å². The van der Waals surface area contributed by atoms with Gasteiger partial charge in [0.2, 0.25) is 5.91 Å². The van der Waals surface area contributed by atoms with Crippen molar-refractivity contribution in [1.29, 1.82) is 0 Å². The minimum absolute atomic E-state index is 0.243. The highest BCUT2D eigenvalue weighted by atomic mass is 16.1. The van der Waals surface area contributed by atoms with Crippen molar-refractivity contribution in [3.63, 3.8) is 0 Å². The largest absolute Gasteiger partial charge is 0.369 e. The van der Waals surface area contributed by atoms with Crippen molar-refractivity contribution in [1.82, 2.24) is 4.90 Å². The Morgan fingerprint density at radius 2 is 2.07 bits per heavy atom. The quantitative estimate of drug-likeness (QED) is 0.639. The second-order valence-electron chi connectivity index (χ2n) is 5.00. The summed E-state index contributed by atoms with van der Waals surface area (Å²) in [6.07, 6.45) is 3.55. The molecule has 0 saturated heterocycles. The van der Waals surface area contributed by atoms with E-state index in [9.17, 15) is 4.79 Å². The van der Waals surface area contributed by atoms with Crippen LogP contribution in [0.3, 0.4) is 0 Å². The lowest BCUT2D eigenvalue weighted by molar-refractivity contribution is -0.119. The summed E-state index contributed by atoms with van der Waals surface area (Å²) in [5, 5.41) is 0. The lowest BCUT2D eigenvalue weighted by atomic mass is 10.0. The topological polar surface area (TPSA) is 72.3 Å². The minimum Gasteiger partial charge on any atom is -0.369 e. The third kappa shape index (κ3) is 3.80. The van der Waals surface area contributed by atoms with Crippen LogP contribution in [-0.4, -0.2) is 36.5 Å². The molecule has 1 saturated carbocycles. The predicted molar refractivity (Wildman–Crippen MR) is 61.2 cm³/mol. The molecule has 1 fully saturated rings. The second-order valence-corrected chi connectivity index (χ2v) is 5.00. The summed E-state index contributed by atoms with van der Waals surface area (Å²) in [4.78, 5) is 13.1. The second kappa shape index (κ2) is 4.94. The Hall–Kier alpha value is -0.610. The molecule has 0 radical (unpaired) electrons. The molecule has 1 rings (SSSR count). The zero-order valence-electron chi connectivity index (χ0n) is 9.83. The van der Waals surface area contributed by atoms with Crippen LogP contribution < -0.4 is 11.5 Å². The van der Waals surface area contributed by atoms with Crippen LogP contribution in [-0.2, 0) is 4.79 Å². The number of hydrogen-bond donors (Lipinski definition) is 2. The first kappa shape index (κ1) is 12.5. The van der Waals surface area contributed by atoms with E-state index >= 15 is 0 Å². The van der Waals surface area contributed by atoms with Gasteiger partial charge < -0.3 is 11.5 Å². The third-order valence-corrected chi connectivity index (χ3v) is 3.26. The van der Waals surface area contributed by atoms with E-state index in [1.807, 2.05) is 0 Å². The third-order valence-electron chi connectivity index (χ3n) is 3.26. The van der Waals surface area contributed by atoms with Crippen LogP contribution in [0.15, 0.2) is 0 Å². The van der Waals surface area contributed by atoms with E-state index in [4.69, 9.17) is 11.5 Å². The van der Waals surface area contributed by atoms with Gasteiger partial charge in [-0.25, -0.2) is 0 Å². The molecule has 0 aromatic heterocycles. The highest BCUT2D eigenvalue weighted by molar-refractivity contribution is 5.75. The van der Waals surface area contributed by atoms with Crippen molar-refractivity contribution < 1.29 is 4.79 Å². The number of rotatable bonds is 7. The summed E-state index contributed by atoms with van der Waals surface area (Å²) in [5.41, 5.74) is 11.2. The molecule has 0 aliphatic heterocycles. The number of primary amides is 1. The van der Waals surface area contributed by atoms with Crippen LogP contribution in [0.4, 0.5) is 0 Å². The van der Waals surface area contributed by atoms with Gasteiger partial charge in [-0.3, -0.25) is 9.69 Å². The standard InChI is InChI=1S/C11H23N3O/c1-9(2)14(7-10(13)15)8-11(3-4-11)5-6-12/h9H,3-8,12H2,1-2H3,(H2,13,15). The Balaban J connectivity index is 2.47. The maximum absolute atomic E-state index is 10.9. The number of carbonyl (C=O) groups is 1. The van der Waals surface area contributed by atoms with Gasteiger partial charge in [0.25, 0.3) is 0 Å². The molecule has 4 nitrogen and oxygen atoms in total. The van der Waals surface area contributed by atoms with Gasteiger partial charge in [0.1, 0.15) is 0 Å². The van der Waals surface area contributed by atoms with E-state index in [0.29, 0.717) is 18.0 Å². The number of nitrogens with two attached hydrogens (primary N) is 2. The fourth-order valence-corrected chi connectivity index (χ4v) is 2.02. The molecule has 0 spiro atoms. The van der Waals surface area contributed by atoms with Crippen LogP contribution in [0.1, 0.15) is 33.1 Å². The molecule has 0 atom stereocenters. The van der Waals surface area contributed by atoms with E-state index < -0.39 is 0 Å². The average Bonchev–Trinajstić information content (AvgIpc) is 2.83. The zero-order chi connectivity index (χ0) is 11.5. The van der Waals surface area contributed by atoms with Crippen molar-refractivity contribution in [3.05, 3.63) is 0 Å². The summed E-state index contributed by atoms with van der Waals surface area (Å²) >= 11 is 0. The molecule has 0 unspecified atom stereocenters. The zero-order valence-corrected chi connectivity index (χ0v) is 9.83. The Labute approximate surface area is 92.0 Å². The summed E-state index contributed by atoms with van der Waals surface area (Å²) < 4.78 is 0. The first-order valence-corrected chi connectivity index (χ1v) is 5.71. The maximum atomic E-state index is 10.9. The van der Waals surface area contributed by atoms with Gasteiger partial charge in [0, 0.05) is 12.6 Å². The van der Waals surface area contributed by atoms with Gasteiger partial charge in [-0.05, 0) is 45.1 Å². The van der Waals surface area contributed by atoms with Crippen LogP contribution >= 0.6 is 0 Å². The molecule has 4 heteroatoms. The summed E-state index contributed by atoms with van der Waals surface area (Å²) in [6.45, 7) is 6.26. The Morgan fingerprint density at radius 1 is 1.47 bits per heavy atom. The van der Waals surface area contributed by atoms with Gasteiger partial charge >= 0.3 is 0 Å². The molecule has 1 aliphatic carbocycles. The van der Waals surface area contributed by atoms with Gasteiger partial charge in [-0.15, -0.1) is 0 Å². The first-order valence-electron chi connectivity index (χ1n) is 5.71. The Bertz CT molecular complexity index is 224. The monoisotopic (exact) mass is 213 g/mol. The van der Waals surface area contributed by atoms with Crippen LogP contribution in [0.25, 0.3) is 0 Å². The Kier molecular flexibility index (Phi) is 4.11. The Morgan fingerprint density at radius 3 is 2.40 bits per heavy atom. The van der Waals surface area contributed by atoms with Crippen LogP contribution in [0.5, 0.6) is 0 Å². The molecule has 15 heavy (non-hydrogen) atoms. The van der Waals surface area contributed by atoms with Gasteiger partial charge in [0.15, 0.2) is 0 Å². The van der Waals surface area contributed by atoms with Gasteiger partial charge in [-0.1, -0.05) is 0 Å². The van der Waals surface area contributed by atoms with Crippen molar-refractivity contribution in [2.45, 2.75) is 39.2 Å². The lowest BCUT2D eigenvalue weighted by Crippen LogP contribution is -2.42. The molecular formula is C11H23N3O. The molecular weight excluding hydrogens is 190 g/mol. The maximum Gasteiger partial charge on any atom is 0.231 e. The molecule has 88 valence electrons. The molecule has 0 heterocycles. The molecule has 4 N–H and O–H groups in total. The fourth-order valence-electron chi connectivity index (χ4n) is 2.02. The highest BCUT2D eigenvalue weighted by Gasteiger charge is 2.43. The molecule has 0 aromatic rings. The van der Waals surface area contributed by atoms with Gasteiger partial charge in [-0.2, -0.15) is 0 Å². The smallest absolute Gasteiger partial charge is 0.231 e. The fraction of sp³-hybridized carbons (Fsp3) is 0.909. The van der Waals surface area contributed by atoms with E-state index in [1.54, 1.807) is 0 Å². The van der Waals surface area contributed by atoms with Crippen molar-refractivity contribution >= 4 is 5.91 Å². The van der Waals surface area contributed by atoms with E-state index in [1.165, 1.54) is 12.8 Å². The molecule has 0 bridgehead atoms.